The molecule has 29 heavy (non-hydrogen) atoms. The molecule has 0 radical (unpaired) electrons. The molecular formula is C22H16ClN3OS2. The van der Waals surface area contributed by atoms with Crippen molar-refractivity contribution in [3.63, 3.8) is 0 Å². The fourth-order valence-electron chi connectivity index (χ4n) is 2.94. The van der Waals surface area contributed by atoms with Crippen molar-refractivity contribution in [1.29, 1.82) is 0 Å². The predicted octanol–water partition coefficient (Wildman–Crippen LogP) is 6.05. The van der Waals surface area contributed by atoms with Crippen molar-refractivity contribution >= 4 is 62.1 Å². The highest BCUT2D eigenvalue weighted by Crippen LogP contribution is 2.36. The molecule has 0 aliphatic rings. The smallest absolute Gasteiger partial charge is 0.257 e. The molecule has 0 spiro atoms. The van der Waals surface area contributed by atoms with Crippen molar-refractivity contribution < 1.29 is 4.79 Å². The number of aryl methyl sites for hydroxylation is 1. The van der Waals surface area contributed by atoms with Crippen LogP contribution < -0.4 is 10.6 Å². The lowest BCUT2D eigenvalue weighted by atomic mass is 10.1. The number of para-hydroxylation sites is 1. The topological polar surface area (TPSA) is 54.0 Å². The van der Waals surface area contributed by atoms with E-state index in [0.717, 1.165) is 32.0 Å². The first-order chi connectivity index (χ1) is 14.0. The molecule has 4 aromatic rings. The van der Waals surface area contributed by atoms with Gasteiger partial charge in [-0.15, -0.1) is 11.3 Å². The number of amides is 1. The quantitative estimate of drug-likeness (QED) is 0.383. The number of nitrogens with zero attached hydrogens (tertiary/aromatic N) is 1. The van der Waals surface area contributed by atoms with E-state index < -0.39 is 0 Å². The second-order valence-electron chi connectivity index (χ2n) is 6.40. The van der Waals surface area contributed by atoms with Crippen LogP contribution in [0.25, 0.3) is 20.8 Å². The van der Waals surface area contributed by atoms with Gasteiger partial charge in [-0.05, 0) is 61.1 Å². The summed E-state index contributed by atoms with van der Waals surface area (Å²) in [7, 11) is 0. The number of anilines is 1. The van der Waals surface area contributed by atoms with Crippen LogP contribution in [0.15, 0.2) is 66.7 Å². The Morgan fingerprint density at radius 3 is 2.62 bits per heavy atom. The summed E-state index contributed by atoms with van der Waals surface area (Å²) in [5.41, 5.74) is 3.94. The van der Waals surface area contributed by atoms with E-state index in [2.05, 4.69) is 10.6 Å². The number of benzene rings is 3. The van der Waals surface area contributed by atoms with Gasteiger partial charge < -0.3 is 5.32 Å². The van der Waals surface area contributed by atoms with Crippen LogP contribution in [-0.4, -0.2) is 16.0 Å². The summed E-state index contributed by atoms with van der Waals surface area (Å²) in [6, 6.07) is 20.7. The molecule has 144 valence electrons. The van der Waals surface area contributed by atoms with Gasteiger partial charge in [-0.1, -0.05) is 41.9 Å². The van der Waals surface area contributed by atoms with Gasteiger partial charge in [0.15, 0.2) is 5.11 Å². The molecule has 7 heteroatoms. The largest absolute Gasteiger partial charge is 0.332 e. The molecule has 0 aliphatic heterocycles. The van der Waals surface area contributed by atoms with Gasteiger partial charge in [-0.25, -0.2) is 4.98 Å². The summed E-state index contributed by atoms with van der Waals surface area (Å²) < 4.78 is 1.09. The molecule has 0 saturated carbocycles. The Hall–Kier alpha value is -2.80. The van der Waals surface area contributed by atoms with Gasteiger partial charge in [-0.3, -0.25) is 10.1 Å². The van der Waals surface area contributed by atoms with Crippen molar-refractivity contribution in [2.45, 2.75) is 6.92 Å². The summed E-state index contributed by atoms with van der Waals surface area (Å²) >= 11 is 13.2. The fraction of sp³-hybridized carbons (Fsp3) is 0.0455. The highest BCUT2D eigenvalue weighted by molar-refractivity contribution is 7.80. The van der Waals surface area contributed by atoms with Crippen LogP contribution in [0.3, 0.4) is 0 Å². The zero-order valence-electron chi connectivity index (χ0n) is 15.4. The Bertz CT molecular complexity index is 1200. The van der Waals surface area contributed by atoms with Crippen molar-refractivity contribution in [3.8, 4) is 10.6 Å². The Labute approximate surface area is 182 Å². The fourth-order valence-corrected chi connectivity index (χ4v) is 4.31. The van der Waals surface area contributed by atoms with Crippen LogP contribution in [0.5, 0.6) is 0 Å². The van der Waals surface area contributed by atoms with E-state index in [1.54, 1.807) is 23.5 Å². The zero-order chi connectivity index (χ0) is 20.4. The van der Waals surface area contributed by atoms with E-state index >= 15 is 0 Å². The molecule has 0 aliphatic carbocycles. The molecule has 0 atom stereocenters. The number of hydrogen-bond acceptors (Lipinski definition) is 4. The third kappa shape index (κ3) is 4.29. The van der Waals surface area contributed by atoms with Gasteiger partial charge in [0.2, 0.25) is 0 Å². The molecule has 4 nitrogen and oxygen atoms in total. The molecule has 1 amide bonds. The first kappa shape index (κ1) is 19.5. The van der Waals surface area contributed by atoms with Crippen molar-refractivity contribution in [1.82, 2.24) is 10.3 Å². The van der Waals surface area contributed by atoms with Crippen LogP contribution >= 0.6 is 35.2 Å². The molecule has 0 bridgehead atoms. The summed E-state index contributed by atoms with van der Waals surface area (Å²) in [4.78, 5) is 17.2. The van der Waals surface area contributed by atoms with Gasteiger partial charge in [0, 0.05) is 16.1 Å². The summed E-state index contributed by atoms with van der Waals surface area (Å²) in [5, 5.41) is 7.48. The molecule has 1 heterocycles. The van der Waals surface area contributed by atoms with E-state index in [1.807, 2.05) is 61.5 Å². The Morgan fingerprint density at radius 1 is 1.07 bits per heavy atom. The normalized spacial score (nSPS) is 10.7. The van der Waals surface area contributed by atoms with Crippen molar-refractivity contribution in [3.05, 3.63) is 82.9 Å². The van der Waals surface area contributed by atoms with Gasteiger partial charge in [0.25, 0.3) is 5.91 Å². The number of halogens is 1. The highest BCUT2D eigenvalue weighted by atomic mass is 35.5. The van der Waals surface area contributed by atoms with E-state index in [-0.39, 0.29) is 11.0 Å². The lowest BCUT2D eigenvalue weighted by Crippen LogP contribution is -2.34. The molecule has 0 saturated heterocycles. The average Bonchev–Trinajstić information content (AvgIpc) is 3.13. The molecule has 3 aromatic carbocycles. The van der Waals surface area contributed by atoms with Gasteiger partial charge in [-0.2, -0.15) is 0 Å². The Kier molecular flexibility index (Phi) is 5.58. The van der Waals surface area contributed by atoms with Gasteiger partial charge >= 0.3 is 0 Å². The Morgan fingerprint density at radius 2 is 1.83 bits per heavy atom. The minimum absolute atomic E-state index is 0.211. The monoisotopic (exact) mass is 437 g/mol. The maximum atomic E-state index is 12.5. The molecule has 0 fully saturated rings. The number of nitrogens with one attached hydrogen (secondary N) is 2. The molecular weight excluding hydrogens is 422 g/mol. The number of aromatic nitrogens is 1. The molecule has 1 aromatic heterocycles. The maximum Gasteiger partial charge on any atom is 0.257 e. The summed E-state index contributed by atoms with van der Waals surface area (Å²) in [6.45, 7) is 1.88. The highest BCUT2D eigenvalue weighted by Gasteiger charge is 2.14. The van der Waals surface area contributed by atoms with Crippen LogP contribution in [0.4, 0.5) is 5.69 Å². The van der Waals surface area contributed by atoms with Gasteiger partial charge in [0.05, 0.1) is 15.9 Å². The van der Waals surface area contributed by atoms with Crippen molar-refractivity contribution in [2.75, 3.05) is 5.32 Å². The average molecular weight is 438 g/mol. The first-order valence-electron chi connectivity index (χ1n) is 8.85. The second-order valence-corrected chi connectivity index (χ2v) is 8.28. The van der Waals surface area contributed by atoms with Crippen LogP contribution in [0.1, 0.15) is 15.9 Å². The first-order valence-corrected chi connectivity index (χ1v) is 10.4. The standard InChI is InChI=1S/C22H16ClN3OS2/c1-13-6-2-3-7-15(13)20(27)26-22(28)25-17-11-10-14(23)12-16(17)21-24-18-8-4-5-9-19(18)29-21/h2-12H,1H3,(H2,25,26,27,28). The van der Waals surface area contributed by atoms with Crippen LogP contribution in [0.2, 0.25) is 5.02 Å². The van der Waals surface area contributed by atoms with E-state index in [1.165, 1.54) is 0 Å². The SMILES string of the molecule is Cc1ccccc1C(=O)NC(=S)Nc1ccc(Cl)cc1-c1nc2ccccc2s1. The number of fused-ring (bicyclic) bond motifs is 1. The number of carbonyl (C=O) groups excluding carboxylic acids is 1. The number of thiazole rings is 1. The minimum Gasteiger partial charge on any atom is -0.332 e. The third-order valence-electron chi connectivity index (χ3n) is 4.37. The van der Waals surface area contributed by atoms with E-state index in [0.29, 0.717) is 10.6 Å². The predicted molar refractivity (Wildman–Crippen MR) is 125 cm³/mol. The van der Waals surface area contributed by atoms with Crippen molar-refractivity contribution in [2.24, 2.45) is 0 Å². The summed E-state index contributed by atoms with van der Waals surface area (Å²) in [6.07, 6.45) is 0. The lowest BCUT2D eigenvalue weighted by Gasteiger charge is -2.13. The molecule has 4 rings (SSSR count). The van der Waals surface area contributed by atoms with Crippen LogP contribution in [0, 0.1) is 6.92 Å². The molecule has 2 N–H and O–H groups in total. The zero-order valence-corrected chi connectivity index (χ0v) is 17.8. The lowest BCUT2D eigenvalue weighted by molar-refractivity contribution is 0.0977. The third-order valence-corrected chi connectivity index (χ3v) is 5.88. The summed E-state index contributed by atoms with van der Waals surface area (Å²) in [5.74, 6) is -0.254. The number of carbonyl (C=O) groups is 1. The van der Waals surface area contributed by atoms with E-state index in [4.69, 9.17) is 28.8 Å². The number of rotatable bonds is 3. The van der Waals surface area contributed by atoms with E-state index in [9.17, 15) is 4.79 Å². The number of thiocarbonyl (C=S) groups is 1. The Balaban J connectivity index is 1.60. The maximum absolute atomic E-state index is 12.5. The minimum atomic E-state index is -0.254. The number of hydrogen-bond donors (Lipinski definition) is 2. The van der Waals surface area contributed by atoms with Gasteiger partial charge in [0.1, 0.15) is 5.01 Å². The molecule has 0 unspecified atom stereocenters. The second kappa shape index (κ2) is 8.29. The van der Waals surface area contributed by atoms with Crippen LogP contribution in [-0.2, 0) is 0 Å².